The van der Waals surface area contributed by atoms with E-state index in [1.165, 1.54) is 0 Å². The molecule has 0 aliphatic heterocycles. The molecule has 0 bridgehead atoms. The van der Waals surface area contributed by atoms with E-state index < -0.39 is 0 Å². The summed E-state index contributed by atoms with van der Waals surface area (Å²) in [5, 5.41) is 1.30. The molecule has 4 aromatic rings. The smallest absolute Gasteiger partial charge is 0.196 e. The Balaban J connectivity index is 1.95. The van der Waals surface area contributed by atoms with Gasteiger partial charge in [0.1, 0.15) is 5.65 Å². The minimum Gasteiger partial charge on any atom is -0.399 e. The number of nitrogen functional groups attached to an aromatic ring is 1. The maximum atomic E-state index is 13.1. The van der Waals surface area contributed by atoms with Crippen LogP contribution in [0.15, 0.2) is 60.9 Å². The molecule has 26 heavy (non-hydrogen) atoms. The van der Waals surface area contributed by atoms with Crippen molar-refractivity contribution in [3.63, 3.8) is 0 Å². The molecule has 0 spiro atoms. The molecule has 0 saturated carbocycles. The molecule has 2 heterocycles. The number of aromatic nitrogens is 2. The highest BCUT2D eigenvalue weighted by Gasteiger charge is 2.21. The zero-order valence-corrected chi connectivity index (χ0v) is 15.0. The van der Waals surface area contributed by atoms with Gasteiger partial charge in [-0.05, 0) is 41.5 Å². The van der Waals surface area contributed by atoms with E-state index >= 15 is 0 Å². The summed E-state index contributed by atoms with van der Waals surface area (Å²) < 4.78 is 0. The Morgan fingerprint density at radius 3 is 2.65 bits per heavy atom. The molecule has 128 valence electrons. The van der Waals surface area contributed by atoms with Crippen molar-refractivity contribution in [2.24, 2.45) is 0 Å². The van der Waals surface area contributed by atoms with Crippen molar-refractivity contribution >= 4 is 45.7 Å². The Labute approximate surface area is 159 Å². The monoisotopic (exact) mass is 381 g/mol. The lowest BCUT2D eigenvalue weighted by molar-refractivity contribution is 0.104. The molecule has 0 fully saturated rings. The van der Waals surface area contributed by atoms with Crippen LogP contribution in [0.5, 0.6) is 0 Å². The zero-order valence-electron chi connectivity index (χ0n) is 13.5. The van der Waals surface area contributed by atoms with E-state index in [1.54, 1.807) is 30.6 Å². The second-order valence-corrected chi connectivity index (χ2v) is 6.63. The van der Waals surface area contributed by atoms with E-state index in [1.807, 2.05) is 30.3 Å². The molecule has 2 aromatic carbocycles. The Morgan fingerprint density at radius 1 is 1.04 bits per heavy atom. The number of ketones is 1. The topological polar surface area (TPSA) is 71.8 Å². The van der Waals surface area contributed by atoms with Crippen molar-refractivity contribution in [2.75, 3.05) is 5.73 Å². The van der Waals surface area contributed by atoms with E-state index in [2.05, 4.69) is 9.97 Å². The molecule has 2 aromatic heterocycles. The Morgan fingerprint density at radius 2 is 1.85 bits per heavy atom. The largest absolute Gasteiger partial charge is 0.399 e. The lowest BCUT2D eigenvalue weighted by atomic mass is 9.97. The quantitative estimate of drug-likeness (QED) is 0.371. The van der Waals surface area contributed by atoms with Crippen LogP contribution in [0.3, 0.4) is 0 Å². The number of halogens is 2. The third kappa shape index (κ3) is 2.73. The maximum absolute atomic E-state index is 13.1. The van der Waals surface area contributed by atoms with Crippen molar-refractivity contribution < 1.29 is 4.79 Å². The third-order valence-electron chi connectivity index (χ3n) is 4.21. The summed E-state index contributed by atoms with van der Waals surface area (Å²) in [6, 6.07) is 14.4. The second-order valence-electron chi connectivity index (χ2n) is 5.84. The second kappa shape index (κ2) is 6.48. The number of hydrogen-bond donors (Lipinski definition) is 2. The van der Waals surface area contributed by atoms with Gasteiger partial charge in [-0.25, -0.2) is 4.98 Å². The molecule has 0 saturated heterocycles. The van der Waals surface area contributed by atoms with Gasteiger partial charge < -0.3 is 10.7 Å². The fourth-order valence-corrected chi connectivity index (χ4v) is 3.39. The molecular weight excluding hydrogens is 369 g/mol. The average molecular weight is 382 g/mol. The number of aromatic amines is 1. The molecule has 4 rings (SSSR count). The highest BCUT2D eigenvalue weighted by atomic mass is 35.5. The minimum absolute atomic E-state index is 0.220. The van der Waals surface area contributed by atoms with Crippen LogP contribution in [-0.4, -0.2) is 15.8 Å². The SMILES string of the molecule is Nc1cccc(-c2ccnc3[nH]cc(C(=O)c4cccc(Cl)c4Cl)c23)c1. The number of H-pyrrole nitrogens is 1. The molecule has 0 aliphatic rings. The number of nitrogens with one attached hydrogen (secondary N) is 1. The number of rotatable bonds is 3. The number of fused-ring (bicyclic) bond motifs is 1. The van der Waals surface area contributed by atoms with Crippen molar-refractivity contribution in [1.82, 2.24) is 9.97 Å². The van der Waals surface area contributed by atoms with Crippen LogP contribution in [0.1, 0.15) is 15.9 Å². The van der Waals surface area contributed by atoms with Crippen LogP contribution in [-0.2, 0) is 0 Å². The summed E-state index contributed by atoms with van der Waals surface area (Å²) in [6.45, 7) is 0. The standard InChI is InChI=1S/C20H13Cl2N3O/c21-16-6-2-5-14(18(16)22)19(26)15-10-25-20-17(15)13(7-8-24-20)11-3-1-4-12(23)9-11/h1-10H,23H2,(H,24,25). The van der Waals surface area contributed by atoms with Crippen molar-refractivity contribution in [3.8, 4) is 11.1 Å². The van der Waals surface area contributed by atoms with Gasteiger partial charge in [-0.1, -0.05) is 41.4 Å². The highest BCUT2D eigenvalue weighted by molar-refractivity contribution is 6.44. The number of anilines is 1. The fourth-order valence-electron chi connectivity index (χ4n) is 3.01. The zero-order chi connectivity index (χ0) is 18.3. The summed E-state index contributed by atoms with van der Waals surface area (Å²) in [7, 11) is 0. The molecule has 0 unspecified atom stereocenters. The number of hydrogen-bond acceptors (Lipinski definition) is 3. The van der Waals surface area contributed by atoms with E-state index in [-0.39, 0.29) is 10.8 Å². The summed E-state index contributed by atoms with van der Waals surface area (Å²) in [6.07, 6.45) is 3.34. The lowest BCUT2D eigenvalue weighted by Crippen LogP contribution is -2.02. The van der Waals surface area contributed by atoms with Gasteiger partial charge in [-0.2, -0.15) is 0 Å². The number of carbonyl (C=O) groups is 1. The fraction of sp³-hybridized carbons (Fsp3) is 0. The summed E-state index contributed by atoms with van der Waals surface area (Å²) in [5.74, 6) is -0.220. The molecular formula is C20H13Cl2N3O. The molecule has 4 nitrogen and oxygen atoms in total. The normalized spacial score (nSPS) is 11.0. The van der Waals surface area contributed by atoms with Gasteiger partial charge in [0.05, 0.1) is 15.6 Å². The van der Waals surface area contributed by atoms with Gasteiger partial charge in [0.2, 0.25) is 0 Å². The van der Waals surface area contributed by atoms with Crippen LogP contribution in [0.4, 0.5) is 5.69 Å². The van der Waals surface area contributed by atoms with Gasteiger partial charge in [-0.15, -0.1) is 0 Å². The Kier molecular flexibility index (Phi) is 4.15. The van der Waals surface area contributed by atoms with Gasteiger partial charge in [0.15, 0.2) is 5.78 Å². The van der Waals surface area contributed by atoms with Crippen LogP contribution in [0.2, 0.25) is 10.0 Å². The Bertz CT molecular complexity index is 1150. The lowest BCUT2D eigenvalue weighted by Gasteiger charge is -2.08. The first-order chi connectivity index (χ1) is 12.6. The van der Waals surface area contributed by atoms with E-state index in [9.17, 15) is 4.79 Å². The molecule has 6 heteroatoms. The van der Waals surface area contributed by atoms with Crippen LogP contribution >= 0.6 is 23.2 Å². The number of benzene rings is 2. The predicted octanol–water partition coefficient (Wildman–Crippen LogP) is 5.35. The number of nitrogens with zero attached hydrogens (tertiary/aromatic N) is 1. The average Bonchev–Trinajstić information content (AvgIpc) is 3.07. The van der Waals surface area contributed by atoms with Gasteiger partial charge in [0.25, 0.3) is 0 Å². The van der Waals surface area contributed by atoms with Crippen molar-refractivity contribution in [1.29, 1.82) is 0 Å². The first kappa shape index (κ1) is 16.6. The molecule has 3 N–H and O–H groups in total. The van der Waals surface area contributed by atoms with Gasteiger partial charge in [0, 0.05) is 29.0 Å². The highest BCUT2D eigenvalue weighted by Crippen LogP contribution is 2.34. The summed E-state index contributed by atoms with van der Waals surface area (Å²) in [4.78, 5) is 20.5. The Hall–Kier alpha value is -2.82. The third-order valence-corrected chi connectivity index (χ3v) is 5.03. The maximum Gasteiger partial charge on any atom is 0.196 e. The number of carbonyl (C=O) groups excluding carboxylic acids is 1. The van der Waals surface area contributed by atoms with Crippen molar-refractivity contribution in [2.45, 2.75) is 0 Å². The van der Waals surface area contributed by atoms with Gasteiger partial charge >= 0.3 is 0 Å². The van der Waals surface area contributed by atoms with Crippen LogP contribution in [0.25, 0.3) is 22.2 Å². The molecule has 0 radical (unpaired) electrons. The molecule has 0 amide bonds. The first-order valence-corrected chi connectivity index (χ1v) is 8.62. The van der Waals surface area contributed by atoms with E-state index in [4.69, 9.17) is 28.9 Å². The predicted molar refractivity (Wildman–Crippen MR) is 106 cm³/mol. The van der Waals surface area contributed by atoms with Crippen molar-refractivity contribution in [3.05, 3.63) is 82.1 Å². The molecule has 0 atom stereocenters. The summed E-state index contributed by atoms with van der Waals surface area (Å²) in [5.41, 5.74) is 9.78. The van der Waals surface area contributed by atoms with Crippen LogP contribution < -0.4 is 5.73 Å². The first-order valence-electron chi connectivity index (χ1n) is 7.87. The van der Waals surface area contributed by atoms with Crippen LogP contribution in [0, 0.1) is 0 Å². The number of pyridine rings is 1. The summed E-state index contributed by atoms with van der Waals surface area (Å²) >= 11 is 12.3. The molecule has 0 aliphatic carbocycles. The van der Waals surface area contributed by atoms with Gasteiger partial charge in [-0.3, -0.25) is 4.79 Å². The number of nitrogens with two attached hydrogens (primary N) is 1. The minimum atomic E-state index is -0.220. The van der Waals surface area contributed by atoms with E-state index in [0.717, 1.165) is 16.5 Å². The van der Waals surface area contributed by atoms with E-state index in [0.29, 0.717) is 27.5 Å².